The predicted octanol–water partition coefficient (Wildman–Crippen LogP) is 5.00. The lowest BCUT2D eigenvalue weighted by Gasteiger charge is -2.32. The second-order valence-electron chi connectivity index (χ2n) is 9.53. The van der Waals surface area contributed by atoms with Gasteiger partial charge in [-0.3, -0.25) is 14.4 Å². The molecule has 0 aliphatic carbocycles. The first-order chi connectivity index (χ1) is 17.7. The van der Waals surface area contributed by atoms with Gasteiger partial charge >= 0.3 is 0 Å². The molecule has 2 heterocycles. The Balaban J connectivity index is 1.63. The van der Waals surface area contributed by atoms with Gasteiger partial charge in [0.05, 0.1) is 5.56 Å². The summed E-state index contributed by atoms with van der Waals surface area (Å²) >= 11 is 9.75. The van der Waals surface area contributed by atoms with E-state index < -0.39 is 17.5 Å². The summed E-state index contributed by atoms with van der Waals surface area (Å²) in [6, 6.07) is 17.8. The Morgan fingerprint density at radius 2 is 1.97 bits per heavy atom. The second-order valence-corrected chi connectivity index (χ2v) is 10.9. The van der Waals surface area contributed by atoms with E-state index in [9.17, 15) is 14.4 Å². The number of nitrogens with two attached hydrogens (primary N) is 1. The fourth-order valence-corrected chi connectivity index (χ4v) is 5.81. The molecule has 9 heteroatoms. The number of primary amides is 1. The third-order valence-corrected chi connectivity index (χ3v) is 7.92. The number of fused-ring (bicyclic) bond motifs is 1. The zero-order valence-corrected chi connectivity index (χ0v) is 22.5. The number of nitrogens with zero attached hydrogens (tertiary/aromatic N) is 1. The molecule has 3 aromatic carbocycles. The Morgan fingerprint density at radius 3 is 2.73 bits per heavy atom. The molecule has 5 rings (SSSR count). The molecular formula is C28H26BrClN4O3. The molecule has 2 aliphatic heterocycles. The highest BCUT2D eigenvalue weighted by atomic mass is 79.9. The Labute approximate surface area is 228 Å². The minimum atomic E-state index is -1.21. The second kappa shape index (κ2) is 9.84. The number of carbonyl (C=O) groups excluding carboxylic acids is 3. The van der Waals surface area contributed by atoms with Gasteiger partial charge in [-0.05, 0) is 61.2 Å². The van der Waals surface area contributed by atoms with Crippen LogP contribution in [0.1, 0.15) is 39.9 Å². The topological polar surface area (TPSA) is 105 Å². The molecule has 1 saturated heterocycles. The van der Waals surface area contributed by atoms with Gasteiger partial charge in [-0.15, -0.1) is 0 Å². The molecule has 37 heavy (non-hydrogen) atoms. The van der Waals surface area contributed by atoms with Gasteiger partial charge < -0.3 is 21.3 Å². The smallest absolute Gasteiger partial charge is 0.256 e. The quantitative estimate of drug-likeness (QED) is 0.381. The fourth-order valence-electron chi connectivity index (χ4n) is 5.28. The molecule has 3 aromatic rings. The molecule has 0 spiro atoms. The predicted molar refractivity (Wildman–Crippen MR) is 148 cm³/mol. The molecule has 0 bridgehead atoms. The van der Waals surface area contributed by atoms with E-state index in [1.165, 1.54) is 4.90 Å². The Kier molecular flexibility index (Phi) is 6.72. The Morgan fingerprint density at radius 1 is 1.19 bits per heavy atom. The van der Waals surface area contributed by atoms with Gasteiger partial charge in [0.2, 0.25) is 5.91 Å². The fraction of sp³-hybridized carbons (Fsp3) is 0.250. The van der Waals surface area contributed by atoms with Crippen molar-refractivity contribution in [2.24, 2.45) is 5.73 Å². The lowest BCUT2D eigenvalue weighted by atomic mass is 9.83. The van der Waals surface area contributed by atoms with Crippen molar-refractivity contribution in [2.45, 2.75) is 37.8 Å². The van der Waals surface area contributed by atoms with Gasteiger partial charge in [0.1, 0.15) is 11.6 Å². The number of hydrogen-bond acceptors (Lipinski definition) is 4. The number of likely N-dealkylation sites (tertiary alicyclic amines) is 1. The summed E-state index contributed by atoms with van der Waals surface area (Å²) in [6.07, 6.45) is 1.58. The number of anilines is 2. The number of nitrogens with one attached hydrogen (secondary N) is 2. The summed E-state index contributed by atoms with van der Waals surface area (Å²) in [5.41, 5.74) is 8.59. The minimum Gasteiger partial charge on any atom is -0.368 e. The van der Waals surface area contributed by atoms with Gasteiger partial charge in [-0.1, -0.05) is 57.9 Å². The number of benzene rings is 3. The van der Waals surface area contributed by atoms with E-state index >= 15 is 0 Å². The van der Waals surface area contributed by atoms with Crippen LogP contribution < -0.4 is 16.4 Å². The van der Waals surface area contributed by atoms with E-state index in [-0.39, 0.29) is 11.8 Å². The van der Waals surface area contributed by atoms with Crippen LogP contribution in [0.5, 0.6) is 0 Å². The van der Waals surface area contributed by atoms with Crippen molar-refractivity contribution in [3.63, 3.8) is 0 Å². The highest BCUT2D eigenvalue weighted by Gasteiger charge is 2.48. The van der Waals surface area contributed by atoms with Crippen LogP contribution in [0.3, 0.4) is 0 Å². The van der Waals surface area contributed by atoms with Gasteiger partial charge in [0.25, 0.3) is 11.8 Å². The maximum absolute atomic E-state index is 13.8. The summed E-state index contributed by atoms with van der Waals surface area (Å²) in [5.74, 6) is -1.07. The molecule has 0 radical (unpaired) electrons. The molecule has 2 atom stereocenters. The molecule has 4 N–H and O–H groups in total. The lowest BCUT2D eigenvalue weighted by Crippen LogP contribution is -2.46. The first kappa shape index (κ1) is 25.3. The minimum absolute atomic E-state index is 0.248. The molecule has 3 amide bonds. The summed E-state index contributed by atoms with van der Waals surface area (Å²) in [5, 5.41) is 6.95. The third-order valence-electron chi connectivity index (χ3n) is 7.20. The Hall–Kier alpha value is -3.36. The van der Waals surface area contributed by atoms with Crippen molar-refractivity contribution >= 4 is 56.6 Å². The van der Waals surface area contributed by atoms with Crippen LogP contribution in [0.4, 0.5) is 11.4 Å². The molecule has 190 valence electrons. The standard InChI is InChI=1S/C28H26BrClN4O3/c1-16-5-2-3-6-17(16)15-28(21-11-9-19(30)14-23(21)32-27(28)37)33-22-13-18(29)8-10-20(22)26(36)34-12-4-7-24(34)25(31)35/h2-3,5-6,8-11,13-14,24,33H,4,7,12,15H2,1H3,(H2,31,35)(H,32,37). The van der Waals surface area contributed by atoms with Crippen molar-refractivity contribution in [1.29, 1.82) is 0 Å². The van der Waals surface area contributed by atoms with Crippen LogP contribution in [0.25, 0.3) is 0 Å². The van der Waals surface area contributed by atoms with Gasteiger partial charge in [-0.25, -0.2) is 0 Å². The van der Waals surface area contributed by atoms with Crippen LogP contribution >= 0.6 is 27.5 Å². The molecule has 0 aromatic heterocycles. The van der Waals surface area contributed by atoms with Crippen LogP contribution in [0.2, 0.25) is 5.02 Å². The van der Waals surface area contributed by atoms with E-state index in [0.717, 1.165) is 21.2 Å². The van der Waals surface area contributed by atoms with E-state index in [1.807, 2.05) is 37.3 Å². The highest BCUT2D eigenvalue weighted by molar-refractivity contribution is 9.10. The zero-order chi connectivity index (χ0) is 26.3. The summed E-state index contributed by atoms with van der Waals surface area (Å²) < 4.78 is 0.736. The SMILES string of the molecule is Cc1ccccc1CC1(Nc2cc(Br)ccc2C(=O)N2CCCC2C(N)=O)C(=O)Nc2cc(Cl)ccc21. The number of rotatable bonds is 6. The van der Waals surface area contributed by atoms with Crippen LogP contribution in [0.15, 0.2) is 65.1 Å². The number of aryl methyl sites for hydroxylation is 1. The first-order valence-electron chi connectivity index (χ1n) is 12.0. The Bertz CT molecular complexity index is 1430. The van der Waals surface area contributed by atoms with Crippen LogP contribution in [0, 0.1) is 6.92 Å². The number of halogens is 2. The van der Waals surface area contributed by atoms with Crippen LogP contribution in [-0.2, 0) is 21.5 Å². The van der Waals surface area contributed by atoms with E-state index in [4.69, 9.17) is 17.3 Å². The van der Waals surface area contributed by atoms with Crippen LogP contribution in [-0.4, -0.2) is 35.2 Å². The highest BCUT2D eigenvalue weighted by Crippen LogP contribution is 2.43. The first-order valence-corrected chi connectivity index (χ1v) is 13.2. The molecule has 2 unspecified atom stereocenters. The van der Waals surface area contributed by atoms with E-state index in [0.29, 0.717) is 47.8 Å². The normalized spacial score (nSPS) is 20.5. The van der Waals surface area contributed by atoms with Crippen molar-refractivity contribution in [2.75, 3.05) is 17.2 Å². The average molecular weight is 582 g/mol. The molecule has 2 aliphatic rings. The summed E-state index contributed by atoms with van der Waals surface area (Å²) in [7, 11) is 0. The molecular weight excluding hydrogens is 556 g/mol. The third kappa shape index (κ3) is 4.60. The maximum Gasteiger partial charge on any atom is 0.256 e. The van der Waals surface area contributed by atoms with Crippen molar-refractivity contribution < 1.29 is 14.4 Å². The van der Waals surface area contributed by atoms with Gasteiger partial charge in [0.15, 0.2) is 0 Å². The average Bonchev–Trinajstić information content (AvgIpc) is 3.44. The van der Waals surface area contributed by atoms with Gasteiger partial charge in [-0.2, -0.15) is 0 Å². The lowest BCUT2D eigenvalue weighted by molar-refractivity contribution is -0.121. The van der Waals surface area contributed by atoms with E-state index in [1.54, 1.807) is 30.3 Å². The number of hydrogen-bond donors (Lipinski definition) is 3. The molecule has 1 fully saturated rings. The van der Waals surface area contributed by atoms with Gasteiger partial charge in [0, 0.05) is 39.4 Å². The van der Waals surface area contributed by atoms with Crippen molar-refractivity contribution in [1.82, 2.24) is 4.90 Å². The number of carbonyl (C=O) groups is 3. The summed E-state index contributed by atoms with van der Waals surface area (Å²) in [6.45, 7) is 2.45. The zero-order valence-electron chi connectivity index (χ0n) is 20.2. The molecule has 7 nitrogen and oxygen atoms in total. The molecule has 0 saturated carbocycles. The summed E-state index contributed by atoms with van der Waals surface area (Å²) in [4.78, 5) is 41.0. The maximum atomic E-state index is 13.8. The van der Waals surface area contributed by atoms with Crippen molar-refractivity contribution in [3.05, 3.63) is 92.4 Å². The monoisotopic (exact) mass is 580 g/mol. The largest absolute Gasteiger partial charge is 0.368 e. The number of amides is 3. The van der Waals surface area contributed by atoms with E-state index in [2.05, 4.69) is 26.6 Å². The van der Waals surface area contributed by atoms with Crippen molar-refractivity contribution in [3.8, 4) is 0 Å².